The molecular weight excluding hydrogens is 254 g/mol. The molecule has 0 bridgehead atoms. The van der Waals surface area contributed by atoms with E-state index in [4.69, 9.17) is 0 Å². The fraction of sp³-hybridized carbons (Fsp3) is 0.727. The standard InChI is InChI=1S/C11H19N3O3S/c1-4-14-6-10(12-7-14)18(16,17)13-8-5-9(15)11(8,2)3/h6-9,13,15H,4-5H2,1-3H3. The van der Waals surface area contributed by atoms with E-state index in [9.17, 15) is 13.5 Å². The smallest absolute Gasteiger partial charge is 0.259 e. The number of rotatable bonds is 4. The summed E-state index contributed by atoms with van der Waals surface area (Å²) in [6.45, 7) is 6.28. The summed E-state index contributed by atoms with van der Waals surface area (Å²) in [6.07, 6.45) is 2.99. The van der Waals surface area contributed by atoms with Gasteiger partial charge in [0.2, 0.25) is 0 Å². The summed E-state index contributed by atoms with van der Waals surface area (Å²) < 4.78 is 28.5. The predicted octanol–water partition coefficient (Wildman–Crippen LogP) is 0.341. The third-order valence-electron chi connectivity index (χ3n) is 3.76. The van der Waals surface area contributed by atoms with Crippen LogP contribution in [0, 0.1) is 5.41 Å². The van der Waals surface area contributed by atoms with E-state index in [1.54, 1.807) is 4.57 Å². The second-order valence-electron chi connectivity index (χ2n) is 5.29. The molecule has 2 unspecified atom stereocenters. The highest BCUT2D eigenvalue weighted by atomic mass is 32.2. The highest BCUT2D eigenvalue weighted by Crippen LogP contribution is 2.41. The molecule has 18 heavy (non-hydrogen) atoms. The normalized spacial score (nSPS) is 26.9. The van der Waals surface area contributed by atoms with Crippen LogP contribution in [-0.2, 0) is 16.6 Å². The largest absolute Gasteiger partial charge is 0.392 e. The number of sulfonamides is 1. The van der Waals surface area contributed by atoms with Crippen molar-refractivity contribution in [1.82, 2.24) is 14.3 Å². The molecule has 1 aliphatic carbocycles. The number of aromatic nitrogens is 2. The number of aryl methyl sites for hydroxylation is 1. The number of hydrogen-bond acceptors (Lipinski definition) is 4. The topological polar surface area (TPSA) is 84.2 Å². The summed E-state index contributed by atoms with van der Waals surface area (Å²) in [5.41, 5.74) is -0.430. The molecule has 6 nitrogen and oxygen atoms in total. The van der Waals surface area contributed by atoms with Crippen molar-refractivity contribution in [3.05, 3.63) is 12.5 Å². The van der Waals surface area contributed by atoms with Crippen molar-refractivity contribution in [1.29, 1.82) is 0 Å². The minimum Gasteiger partial charge on any atom is -0.392 e. The Hall–Kier alpha value is -0.920. The molecule has 7 heteroatoms. The molecule has 1 aliphatic rings. The van der Waals surface area contributed by atoms with Gasteiger partial charge >= 0.3 is 0 Å². The van der Waals surface area contributed by atoms with Crippen molar-refractivity contribution in [3.63, 3.8) is 0 Å². The Kier molecular flexibility index (Phi) is 3.25. The van der Waals surface area contributed by atoms with E-state index in [0.717, 1.165) is 0 Å². The van der Waals surface area contributed by atoms with Gasteiger partial charge in [0.05, 0.1) is 12.4 Å². The lowest BCUT2D eigenvalue weighted by Crippen LogP contribution is -2.61. The van der Waals surface area contributed by atoms with Crippen LogP contribution in [0.1, 0.15) is 27.2 Å². The lowest BCUT2D eigenvalue weighted by atomic mass is 9.65. The van der Waals surface area contributed by atoms with Crippen LogP contribution in [0.4, 0.5) is 0 Å². The van der Waals surface area contributed by atoms with E-state index in [1.165, 1.54) is 12.5 Å². The predicted molar refractivity (Wildman–Crippen MR) is 66.4 cm³/mol. The lowest BCUT2D eigenvalue weighted by molar-refractivity contribution is -0.0645. The van der Waals surface area contributed by atoms with Crippen LogP contribution in [-0.4, -0.2) is 35.2 Å². The van der Waals surface area contributed by atoms with Crippen molar-refractivity contribution in [2.75, 3.05) is 0 Å². The first-order valence-corrected chi connectivity index (χ1v) is 7.48. The van der Waals surface area contributed by atoms with E-state index >= 15 is 0 Å². The van der Waals surface area contributed by atoms with Crippen molar-refractivity contribution in [3.8, 4) is 0 Å². The van der Waals surface area contributed by atoms with Gasteiger partial charge in [0.25, 0.3) is 10.0 Å². The van der Waals surface area contributed by atoms with Crippen LogP contribution >= 0.6 is 0 Å². The summed E-state index contributed by atoms with van der Waals surface area (Å²) >= 11 is 0. The second-order valence-corrected chi connectivity index (χ2v) is 6.95. The van der Waals surface area contributed by atoms with Crippen LogP contribution in [0.2, 0.25) is 0 Å². The zero-order chi connectivity index (χ0) is 13.6. The molecule has 2 N–H and O–H groups in total. The van der Waals surface area contributed by atoms with E-state index in [1.807, 2.05) is 20.8 Å². The van der Waals surface area contributed by atoms with Gasteiger partial charge in [-0.3, -0.25) is 0 Å². The summed E-state index contributed by atoms with van der Waals surface area (Å²) in [5.74, 6) is 0. The summed E-state index contributed by atoms with van der Waals surface area (Å²) in [5, 5.41) is 9.63. The molecule has 1 aromatic heterocycles. The van der Waals surface area contributed by atoms with Crippen molar-refractivity contribution >= 4 is 10.0 Å². The highest BCUT2D eigenvalue weighted by molar-refractivity contribution is 7.89. The van der Waals surface area contributed by atoms with E-state index < -0.39 is 21.5 Å². The summed E-state index contributed by atoms with van der Waals surface area (Å²) in [7, 11) is -3.60. The van der Waals surface area contributed by atoms with Gasteiger partial charge in [-0.15, -0.1) is 0 Å². The zero-order valence-corrected chi connectivity index (χ0v) is 11.6. The first-order valence-electron chi connectivity index (χ1n) is 5.99. The molecule has 2 rings (SSSR count). The Bertz CT molecular complexity index is 535. The van der Waals surface area contributed by atoms with Gasteiger partial charge in [-0.2, -0.15) is 0 Å². The third kappa shape index (κ3) is 2.17. The van der Waals surface area contributed by atoms with Gasteiger partial charge in [0.1, 0.15) is 0 Å². The van der Waals surface area contributed by atoms with E-state index in [-0.39, 0.29) is 11.1 Å². The van der Waals surface area contributed by atoms with Gasteiger partial charge in [-0.05, 0) is 13.3 Å². The quantitative estimate of drug-likeness (QED) is 0.828. The maximum Gasteiger partial charge on any atom is 0.259 e. The molecule has 0 amide bonds. The van der Waals surface area contributed by atoms with Crippen LogP contribution in [0.25, 0.3) is 0 Å². The van der Waals surface area contributed by atoms with Gasteiger partial charge in [-0.1, -0.05) is 13.8 Å². The van der Waals surface area contributed by atoms with Gasteiger partial charge in [0.15, 0.2) is 5.03 Å². The van der Waals surface area contributed by atoms with Gasteiger partial charge in [0, 0.05) is 24.2 Å². The fourth-order valence-electron chi connectivity index (χ4n) is 2.00. The Morgan fingerprint density at radius 3 is 2.72 bits per heavy atom. The highest BCUT2D eigenvalue weighted by Gasteiger charge is 2.49. The maximum absolute atomic E-state index is 12.1. The molecule has 0 aliphatic heterocycles. The molecule has 2 atom stereocenters. The number of nitrogens with zero attached hydrogens (tertiary/aromatic N) is 2. The zero-order valence-electron chi connectivity index (χ0n) is 10.8. The number of aliphatic hydroxyl groups is 1. The van der Waals surface area contributed by atoms with Crippen LogP contribution < -0.4 is 4.72 Å². The molecule has 1 aromatic rings. The molecule has 0 spiro atoms. The Morgan fingerprint density at radius 2 is 2.28 bits per heavy atom. The average molecular weight is 273 g/mol. The first kappa shape index (κ1) is 13.5. The SMILES string of the molecule is CCn1cnc(S(=O)(=O)NC2CC(O)C2(C)C)c1. The number of nitrogens with one attached hydrogen (secondary N) is 1. The fourth-order valence-corrected chi connectivity index (χ4v) is 3.36. The van der Waals surface area contributed by atoms with Crippen LogP contribution in [0.5, 0.6) is 0 Å². The third-order valence-corrected chi connectivity index (χ3v) is 5.12. The molecule has 102 valence electrons. The summed E-state index contributed by atoms with van der Waals surface area (Å²) in [4.78, 5) is 3.89. The summed E-state index contributed by atoms with van der Waals surface area (Å²) in [6, 6.07) is -0.246. The minimum absolute atomic E-state index is 0.0292. The lowest BCUT2D eigenvalue weighted by Gasteiger charge is -2.49. The monoisotopic (exact) mass is 273 g/mol. The maximum atomic E-state index is 12.1. The van der Waals surface area contributed by atoms with Crippen LogP contribution in [0.3, 0.4) is 0 Å². The van der Waals surface area contributed by atoms with Gasteiger partial charge < -0.3 is 9.67 Å². The Morgan fingerprint density at radius 1 is 1.61 bits per heavy atom. The first-order chi connectivity index (χ1) is 8.27. The van der Waals surface area contributed by atoms with E-state index in [2.05, 4.69) is 9.71 Å². The average Bonchev–Trinajstić information content (AvgIpc) is 2.77. The van der Waals surface area contributed by atoms with Crippen molar-refractivity contribution < 1.29 is 13.5 Å². The number of imidazole rings is 1. The molecule has 1 heterocycles. The molecule has 1 fully saturated rings. The second kappa shape index (κ2) is 4.32. The number of aliphatic hydroxyl groups excluding tert-OH is 1. The molecular formula is C11H19N3O3S. The molecule has 1 saturated carbocycles. The van der Waals surface area contributed by atoms with Gasteiger partial charge in [-0.25, -0.2) is 18.1 Å². The Balaban J connectivity index is 2.13. The molecule has 0 saturated heterocycles. The minimum atomic E-state index is -3.60. The molecule has 0 radical (unpaired) electrons. The van der Waals surface area contributed by atoms with Crippen molar-refractivity contribution in [2.24, 2.45) is 5.41 Å². The van der Waals surface area contributed by atoms with Crippen molar-refractivity contribution in [2.45, 2.75) is 50.9 Å². The Labute approximate surface area is 107 Å². The molecule has 0 aromatic carbocycles. The number of hydrogen-bond donors (Lipinski definition) is 2. The van der Waals surface area contributed by atoms with E-state index in [0.29, 0.717) is 13.0 Å². The van der Waals surface area contributed by atoms with Crippen LogP contribution in [0.15, 0.2) is 17.6 Å².